The van der Waals surface area contributed by atoms with Crippen molar-refractivity contribution in [2.45, 2.75) is 12.8 Å². The van der Waals surface area contributed by atoms with Gasteiger partial charge < -0.3 is 9.47 Å². The van der Waals surface area contributed by atoms with Gasteiger partial charge in [-0.2, -0.15) is 0 Å². The second-order valence-corrected chi connectivity index (χ2v) is 3.76. The molecule has 0 aliphatic heterocycles. The first-order valence-corrected chi connectivity index (χ1v) is 5.65. The lowest BCUT2D eigenvalue weighted by Gasteiger charge is -2.07. The smallest absolute Gasteiger partial charge is 0.189 e. The van der Waals surface area contributed by atoms with Crippen molar-refractivity contribution in [3.8, 4) is 5.75 Å². The fourth-order valence-electron chi connectivity index (χ4n) is 0.936. The van der Waals surface area contributed by atoms with Crippen LogP contribution in [-0.2, 0) is 10.6 Å². The lowest BCUT2D eigenvalue weighted by atomic mass is 10.2. The van der Waals surface area contributed by atoms with Crippen LogP contribution in [0.3, 0.4) is 0 Å². The first-order valence-electron chi connectivity index (χ1n) is 4.33. The van der Waals surface area contributed by atoms with Crippen molar-refractivity contribution < 1.29 is 9.47 Å². The molecule has 0 saturated heterocycles. The second-order valence-electron chi connectivity index (χ2n) is 2.64. The minimum atomic E-state index is 0.278. The van der Waals surface area contributed by atoms with Crippen LogP contribution in [0.5, 0.6) is 5.75 Å². The highest BCUT2D eigenvalue weighted by atomic mass is 79.9. The van der Waals surface area contributed by atoms with E-state index in [1.165, 1.54) is 0 Å². The molecule has 0 fully saturated rings. The van der Waals surface area contributed by atoms with Crippen LogP contribution >= 0.6 is 27.5 Å². The molecule has 1 aromatic rings. The zero-order valence-electron chi connectivity index (χ0n) is 7.93. The van der Waals surface area contributed by atoms with Crippen molar-refractivity contribution in [3.63, 3.8) is 0 Å². The molecule has 0 aromatic heterocycles. The molecule has 1 aromatic carbocycles. The van der Waals surface area contributed by atoms with Crippen molar-refractivity contribution in [1.29, 1.82) is 0 Å². The van der Waals surface area contributed by atoms with Crippen LogP contribution in [0.1, 0.15) is 12.5 Å². The van der Waals surface area contributed by atoms with Gasteiger partial charge >= 0.3 is 0 Å². The van der Waals surface area contributed by atoms with Crippen LogP contribution in [0.15, 0.2) is 22.7 Å². The molecule has 1 rings (SSSR count). The van der Waals surface area contributed by atoms with Gasteiger partial charge in [0.15, 0.2) is 6.79 Å². The minimum absolute atomic E-state index is 0.278. The topological polar surface area (TPSA) is 18.5 Å². The standard InChI is InChI=1S/C10H12BrClO2/c1-2-13-7-14-9-3-4-10(11)8(5-9)6-12/h3-5H,2,6-7H2,1H3. The summed E-state index contributed by atoms with van der Waals surface area (Å²) in [5.74, 6) is 1.24. The van der Waals surface area contributed by atoms with Crippen molar-refractivity contribution in [2.75, 3.05) is 13.4 Å². The Morgan fingerprint density at radius 1 is 1.43 bits per heavy atom. The maximum absolute atomic E-state index is 5.75. The normalized spacial score (nSPS) is 10.2. The number of benzene rings is 1. The van der Waals surface area contributed by atoms with Gasteiger partial charge in [-0.3, -0.25) is 0 Å². The van der Waals surface area contributed by atoms with Gasteiger partial charge in [0.25, 0.3) is 0 Å². The fourth-order valence-corrected chi connectivity index (χ4v) is 1.71. The summed E-state index contributed by atoms with van der Waals surface area (Å²) in [6.45, 7) is 2.86. The molecular weight excluding hydrogens is 267 g/mol. The minimum Gasteiger partial charge on any atom is -0.468 e. The lowest BCUT2D eigenvalue weighted by Crippen LogP contribution is -2.02. The van der Waals surface area contributed by atoms with E-state index in [9.17, 15) is 0 Å². The van der Waals surface area contributed by atoms with E-state index in [1.54, 1.807) is 0 Å². The molecule has 0 aliphatic rings. The summed E-state index contributed by atoms with van der Waals surface area (Å²) in [5, 5.41) is 0. The molecule has 2 nitrogen and oxygen atoms in total. The van der Waals surface area contributed by atoms with E-state index in [0.29, 0.717) is 12.5 Å². The molecule has 78 valence electrons. The Bertz CT molecular complexity index is 291. The predicted molar refractivity (Wildman–Crippen MR) is 60.8 cm³/mol. The number of rotatable bonds is 5. The molecule has 0 unspecified atom stereocenters. The van der Waals surface area contributed by atoms with Gasteiger partial charge in [0.05, 0.1) is 0 Å². The van der Waals surface area contributed by atoms with Crippen LogP contribution in [0, 0.1) is 0 Å². The SMILES string of the molecule is CCOCOc1ccc(Br)c(CCl)c1. The summed E-state index contributed by atoms with van der Waals surface area (Å²) in [4.78, 5) is 0. The third kappa shape index (κ3) is 3.48. The molecule has 0 atom stereocenters. The summed E-state index contributed by atoms with van der Waals surface area (Å²) in [5.41, 5.74) is 1.01. The van der Waals surface area contributed by atoms with Crippen LogP contribution in [0.25, 0.3) is 0 Å². The van der Waals surface area contributed by atoms with Gasteiger partial charge in [0, 0.05) is 17.0 Å². The van der Waals surface area contributed by atoms with Crippen molar-refractivity contribution in [1.82, 2.24) is 0 Å². The van der Waals surface area contributed by atoms with Crippen molar-refractivity contribution >= 4 is 27.5 Å². The van der Waals surface area contributed by atoms with Gasteiger partial charge in [-0.1, -0.05) is 15.9 Å². The molecule has 0 radical (unpaired) electrons. The molecule has 0 heterocycles. The third-order valence-corrected chi connectivity index (χ3v) is 2.74. The van der Waals surface area contributed by atoms with Crippen LogP contribution in [-0.4, -0.2) is 13.4 Å². The molecule has 0 spiro atoms. The molecule has 0 N–H and O–H groups in total. The number of ether oxygens (including phenoxy) is 2. The highest BCUT2D eigenvalue weighted by molar-refractivity contribution is 9.10. The summed E-state index contributed by atoms with van der Waals surface area (Å²) in [6.07, 6.45) is 0. The zero-order valence-corrected chi connectivity index (χ0v) is 10.3. The molecule has 0 aliphatic carbocycles. The quantitative estimate of drug-likeness (QED) is 0.466. The molecule has 0 saturated carbocycles. The molecule has 0 bridgehead atoms. The van der Waals surface area contributed by atoms with Crippen molar-refractivity contribution in [2.24, 2.45) is 0 Å². The predicted octanol–water partition coefficient (Wildman–Crippen LogP) is 3.56. The number of hydrogen-bond acceptors (Lipinski definition) is 2. The monoisotopic (exact) mass is 278 g/mol. The van der Waals surface area contributed by atoms with Crippen LogP contribution < -0.4 is 4.74 Å². The summed E-state index contributed by atoms with van der Waals surface area (Å²) in [7, 11) is 0. The Kier molecular flexibility index (Phi) is 5.30. The third-order valence-electron chi connectivity index (χ3n) is 1.67. The van der Waals surface area contributed by atoms with E-state index in [-0.39, 0.29) is 6.79 Å². The molecular formula is C10H12BrClO2. The molecule has 0 amide bonds. The summed E-state index contributed by atoms with van der Waals surface area (Å²) < 4.78 is 11.4. The van der Waals surface area contributed by atoms with E-state index in [1.807, 2.05) is 25.1 Å². The molecule has 4 heteroatoms. The van der Waals surface area contributed by atoms with E-state index >= 15 is 0 Å². The Morgan fingerprint density at radius 3 is 2.86 bits per heavy atom. The lowest BCUT2D eigenvalue weighted by molar-refractivity contribution is 0.0224. The van der Waals surface area contributed by atoms with E-state index in [2.05, 4.69) is 15.9 Å². The van der Waals surface area contributed by atoms with Crippen LogP contribution in [0.4, 0.5) is 0 Å². The highest BCUT2D eigenvalue weighted by Crippen LogP contribution is 2.23. The van der Waals surface area contributed by atoms with Gasteiger partial charge in [-0.25, -0.2) is 0 Å². The Balaban J connectivity index is 2.60. The zero-order chi connectivity index (χ0) is 10.4. The number of hydrogen-bond donors (Lipinski definition) is 0. The first kappa shape index (κ1) is 11.8. The van der Waals surface area contributed by atoms with Gasteiger partial charge in [0.1, 0.15) is 5.75 Å². The Hall–Kier alpha value is -0.250. The van der Waals surface area contributed by atoms with E-state index < -0.39 is 0 Å². The van der Waals surface area contributed by atoms with Gasteiger partial charge in [0.2, 0.25) is 0 Å². The van der Waals surface area contributed by atoms with Crippen molar-refractivity contribution in [3.05, 3.63) is 28.2 Å². The average Bonchev–Trinajstić information content (AvgIpc) is 2.21. The largest absolute Gasteiger partial charge is 0.468 e. The Morgan fingerprint density at radius 2 is 2.21 bits per heavy atom. The van der Waals surface area contributed by atoms with E-state index in [0.717, 1.165) is 15.8 Å². The number of alkyl halides is 1. The van der Waals surface area contributed by atoms with Gasteiger partial charge in [-0.15, -0.1) is 11.6 Å². The highest BCUT2D eigenvalue weighted by Gasteiger charge is 2.00. The molecule has 14 heavy (non-hydrogen) atoms. The second kappa shape index (κ2) is 6.27. The Labute approximate surface area is 97.3 Å². The summed E-state index contributed by atoms with van der Waals surface area (Å²) in [6, 6.07) is 5.69. The van der Waals surface area contributed by atoms with Gasteiger partial charge in [-0.05, 0) is 30.7 Å². The summed E-state index contributed by atoms with van der Waals surface area (Å²) >= 11 is 9.15. The van der Waals surface area contributed by atoms with E-state index in [4.69, 9.17) is 21.1 Å². The average molecular weight is 280 g/mol. The number of halogens is 2. The maximum Gasteiger partial charge on any atom is 0.189 e. The maximum atomic E-state index is 5.75. The van der Waals surface area contributed by atoms with Crippen LogP contribution in [0.2, 0.25) is 0 Å². The first-order chi connectivity index (χ1) is 6.77. The fraction of sp³-hybridized carbons (Fsp3) is 0.400.